The maximum atomic E-state index is 13.6. The Morgan fingerprint density at radius 2 is 1.53 bits per heavy atom. The van der Waals surface area contributed by atoms with Gasteiger partial charge in [0.15, 0.2) is 0 Å². The second-order valence-electron chi connectivity index (χ2n) is 7.86. The van der Waals surface area contributed by atoms with Crippen molar-refractivity contribution in [1.82, 2.24) is 0 Å². The molecule has 0 unspecified atom stereocenters. The van der Waals surface area contributed by atoms with E-state index >= 15 is 0 Å². The van der Waals surface area contributed by atoms with Crippen molar-refractivity contribution in [2.45, 2.75) is 27.7 Å². The van der Waals surface area contributed by atoms with Crippen molar-refractivity contribution in [2.24, 2.45) is 0 Å². The Bertz CT molecular complexity index is 1230. The third kappa shape index (κ3) is 3.89. The predicted molar refractivity (Wildman–Crippen MR) is 128 cm³/mol. The average Bonchev–Trinajstić information content (AvgIpc) is 3.01. The molecule has 0 fully saturated rings. The summed E-state index contributed by atoms with van der Waals surface area (Å²) in [6.45, 7) is 8.42. The van der Waals surface area contributed by atoms with Crippen molar-refractivity contribution in [3.63, 3.8) is 0 Å². The number of ether oxygens (including phenoxy) is 1. The number of carbonyl (C=O) groups is 2. The van der Waals surface area contributed by atoms with Crippen LogP contribution in [0, 0.1) is 20.8 Å². The highest BCUT2D eigenvalue weighted by Crippen LogP contribution is 2.35. The molecular formula is C27H26N2O3. The topological polar surface area (TPSA) is 58.6 Å². The van der Waals surface area contributed by atoms with Crippen LogP contribution in [0.3, 0.4) is 0 Å². The lowest BCUT2D eigenvalue weighted by molar-refractivity contribution is -0.120. The first-order valence-corrected chi connectivity index (χ1v) is 10.7. The zero-order chi connectivity index (χ0) is 22.8. The van der Waals surface area contributed by atoms with Crippen LogP contribution in [0.25, 0.3) is 5.57 Å². The summed E-state index contributed by atoms with van der Waals surface area (Å²) in [4.78, 5) is 28.4. The molecule has 0 aliphatic carbocycles. The SMILES string of the molecule is CCOc1ccc(C2=C(Nc3ccc(C)c(C)c3)C(=O)N(c3ccccc3C)C2=O)cc1. The summed E-state index contributed by atoms with van der Waals surface area (Å²) < 4.78 is 5.53. The van der Waals surface area contributed by atoms with Crippen LogP contribution >= 0.6 is 0 Å². The second-order valence-corrected chi connectivity index (χ2v) is 7.86. The van der Waals surface area contributed by atoms with Gasteiger partial charge in [-0.15, -0.1) is 0 Å². The van der Waals surface area contributed by atoms with E-state index in [2.05, 4.69) is 5.32 Å². The van der Waals surface area contributed by atoms with E-state index in [1.165, 1.54) is 4.90 Å². The molecular weight excluding hydrogens is 400 g/mol. The first-order valence-electron chi connectivity index (χ1n) is 10.7. The molecule has 5 heteroatoms. The van der Waals surface area contributed by atoms with Gasteiger partial charge in [0.05, 0.1) is 17.9 Å². The summed E-state index contributed by atoms with van der Waals surface area (Å²) in [5.74, 6) is -0.000688. The van der Waals surface area contributed by atoms with Gasteiger partial charge in [-0.1, -0.05) is 36.4 Å². The van der Waals surface area contributed by atoms with Gasteiger partial charge in [0.25, 0.3) is 11.8 Å². The Labute approximate surface area is 188 Å². The monoisotopic (exact) mass is 426 g/mol. The molecule has 0 radical (unpaired) electrons. The van der Waals surface area contributed by atoms with Crippen molar-refractivity contribution in [1.29, 1.82) is 0 Å². The molecule has 5 nitrogen and oxygen atoms in total. The van der Waals surface area contributed by atoms with Crippen molar-refractivity contribution in [2.75, 3.05) is 16.8 Å². The number of anilines is 2. The largest absolute Gasteiger partial charge is 0.494 e. The summed E-state index contributed by atoms with van der Waals surface area (Å²) >= 11 is 0. The van der Waals surface area contributed by atoms with Crippen molar-refractivity contribution < 1.29 is 14.3 Å². The molecule has 0 spiro atoms. The fourth-order valence-electron chi connectivity index (χ4n) is 3.79. The van der Waals surface area contributed by atoms with Gasteiger partial charge < -0.3 is 10.1 Å². The smallest absolute Gasteiger partial charge is 0.282 e. The second kappa shape index (κ2) is 8.71. The molecule has 1 aliphatic heterocycles. The van der Waals surface area contributed by atoms with Gasteiger partial charge in [-0.05, 0) is 80.3 Å². The van der Waals surface area contributed by atoms with E-state index in [-0.39, 0.29) is 17.5 Å². The van der Waals surface area contributed by atoms with Crippen molar-refractivity contribution in [3.8, 4) is 5.75 Å². The summed E-state index contributed by atoms with van der Waals surface area (Å²) in [7, 11) is 0. The highest BCUT2D eigenvalue weighted by molar-refractivity contribution is 6.46. The zero-order valence-electron chi connectivity index (χ0n) is 18.7. The number of nitrogens with one attached hydrogen (secondary N) is 1. The molecule has 1 aliphatic rings. The highest BCUT2D eigenvalue weighted by atomic mass is 16.5. The summed E-state index contributed by atoms with van der Waals surface area (Å²) in [6.07, 6.45) is 0. The Morgan fingerprint density at radius 3 is 2.19 bits per heavy atom. The van der Waals surface area contributed by atoms with Crippen LogP contribution in [0.2, 0.25) is 0 Å². The quantitative estimate of drug-likeness (QED) is 0.536. The number of nitrogens with zero attached hydrogens (tertiary/aromatic N) is 1. The average molecular weight is 427 g/mol. The Kier molecular flexibility index (Phi) is 5.82. The van der Waals surface area contributed by atoms with Crippen LogP contribution in [0.1, 0.15) is 29.2 Å². The molecule has 32 heavy (non-hydrogen) atoms. The summed E-state index contributed by atoms with van der Waals surface area (Å²) in [5.41, 5.74) is 5.74. The lowest BCUT2D eigenvalue weighted by atomic mass is 10.0. The Hall–Kier alpha value is -3.86. The van der Waals surface area contributed by atoms with Crippen molar-refractivity contribution >= 4 is 28.8 Å². The van der Waals surface area contributed by atoms with Crippen LogP contribution in [0.15, 0.2) is 72.4 Å². The van der Waals surface area contributed by atoms with Gasteiger partial charge >= 0.3 is 0 Å². The standard InChI is InChI=1S/C27H26N2O3/c1-5-32-22-14-11-20(12-15-22)24-25(28-21-13-10-17(2)19(4)16-21)27(31)29(26(24)30)23-9-7-6-8-18(23)3/h6-16,28H,5H2,1-4H3. The molecule has 1 N–H and O–H groups in total. The number of para-hydroxylation sites is 1. The van der Waals surface area contributed by atoms with Crippen LogP contribution in [-0.2, 0) is 9.59 Å². The third-order valence-electron chi connectivity index (χ3n) is 5.67. The van der Waals surface area contributed by atoms with E-state index in [0.717, 1.165) is 22.4 Å². The fraction of sp³-hybridized carbons (Fsp3) is 0.185. The van der Waals surface area contributed by atoms with Crippen molar-refractivity contribution in [3.05, 3.63) is 94.7 Å². The molecule has 0 bridgehead atoms. The minimum absolute atomic E-state index is 0.269. The Balaban J connectivity index is 1.81. The molecule has 3 aromatic rings. The molecule has 0 saturated carbocycles. The molecule has 0 atom stereocenters. The lowest BCUT2D eigenvalue weighted by Gasteiger charge is -2.17. The zero-order valence-corrected chi connectivity index (χ0v) is 18.7. The van der Waals surface area contributed by atoms with Gasteiger partial charge in [0.2, 0.25) is 0 Å². The fourth-order valence-corrected chi connectivity index (χ4v) is 3.79. The van der Waals surface area contributed by atoms with E-state index < -0.39 is 0 Å². The predicted octanol–water partition coefficient (Wildman–Crippen LogP) is 5.41. The van der Waals surface area contributed by atoms with Crippen LogP contribution in [0.4, 0.5) is 11.4 Å². The maximum absolute atomic E-state index is 13.6. The minimum Gasteiger partial charge on any atom is -0.494 e. The van der Waals surface area contributed by atoms with E-state index in [1.807, 2.05) is 88.4 Å². The Morgan fingerprint density at radius 1 is 0.812 bits per heavy atom. The third-order valence-corrected chi connectivity index (χ3v) is 5.67. The minimum atomic E-state index is -0.369. The molecule has 2 amide bonds. The van der Waals surface area contributed by atoms with Crippen LogP contribution in [0.5, 0.6) is 5.75 Å². The number of benzene rings is 3. The molecule has 4 rings (SSSR count). The van der Waals surface area contributed by atoms with E-state index in [9.17, 15) is 9.59 Å². The number of aryl methyl sites for hydroxylation is 3. The normalized spacial score (nSPS) is 13.7. The van der Waals surface area contributed by atoms with E-state index in [4.69, 9.17) is 4.74 Å². The molecule has 0 aromatic heterocycles. The molecule has 162 valence electrons. The number of hydrogen-bond acceptors (Lipinski definition) is 4. The number of amides is 2. The van der Waals surface area contributed by atoms with Gasteiger partial charge in [-0.2, -0.15) is 0 Å². The van der Waals surface area contributed by atoms with E-state index in [1.54, 1.807) is 6.07 Å². The van der Waals surface area contributed by atoms with Gasteiger partial charge in [-0.25, -0.2) is 4.90 Å². The lowest BCUT2D eigenvalue weighted by Crippen LogP contribution is -2.33. The number of rotatable bonds is 6. The highest BCUT2D eigenvalue weighted by Gasteiger charge is 2.40. The van der Waals surface area contributed by atoms with E-state index in [0.29, 0.717) is 29.2 Å². The maximum Gasteiger partial charge on any atom is 0.282 e. The molecule has 3 aromatic carbocycles. The summed E-state index contributed by atoms with van der Waals surface area (Å²) in [6, 6.07) is 20.5. The first kappa shape index (κ1) is 21.4. The van der Waals surface area contributed by atoms with Crippen LogP contribution in [-0.4, -0.2) is 18.4 Å². The first-order chi connectivity index (χ1) is 15.4. The number of carbonyl (C=O) groups excluding carboxylic acids is 2. The number of hydrogen-bond donors (Lipinski definition) is 1. The van der Waals surface area contributed by atoms with Gasteiger partial charge in [0.1, 0.15) is 11.4 Å². The van der Waals surface area contributed by atoms with Gasteiger partial charge in [-0.3, -0.25) is 9.59 Å². The van der Waals surface area contributed by atoms with Crippen LogP contribution < -0.4 is 15.0 Å². The summed E-state index contributed by atoms with van der Waals surface area (Å²) in [5, 5.41) is 3.23. The molecule has 0 saturated heterocycles. The number of imide groups is 1. The molecule has 1 heterocycles. The van der Waals surface area contributed by atoms with Gasteiger partial charge in [0, 0.05) is 5.69 Å².